The summed E-state index contributed by atoms with van der Waals surface area (Å²) in [4.78, 5) is 2.35. The molecule has 0 bridgehead atoms. The van der Waals surface area contributed by atoms with Crippen molar-refractivity contribution in [1.29, 1.82) is 0 Å². The lowest BCUT2D eigenvalue weighted by molar-refractivity contribution is 0.316. The number of nitrogens with zero attached hydrogens (tertiary/aromatic N) is 3. The smallest absolute Gasteiger partial charge is 0.156 e. The molecule has 5 heteroatoms. The summed E-state index contributed by atoms with van der Waals surface area (Å²) in [6, 6.07) is 4.76. The molecule has 1 heterocycles. The van der Waals surface area contributed by atoms with E-state index in [0.717, 1.165) is 42.9 Å². The summed E-state index contributed by atoms with van der Waals surface area (Å²) in [5.41, 5.74) is 0.810. The number of rotatable bonds is 6. The van der Waals surface area contributed by atoms with E-state index in [1.54, 1.807) is 10.7 Å². The average molecular weight is 264 g/mol. The molecule has 0 unspecified atom stereocenters. The van der Waals surface area contributed by atoms with Gasteiger partial charge < -0.3 is 10.2 Å². The SMILES string of the molecule is CCN(CC)CCNc1nn(C)c2cc(F)ccc12. The van der Waals surface area contributed by atoms with Crippen molar-refractivity contribution >= 4 is 16.7 Å². The molecule has 1 aromatic carbocycles. The van der Waals surface area contributed by atoms with E-state index in [2.05, 4.69) is 29.2 Å². The van der Waals surface area contributed by atoms with Gasteiger partial charge in [0.25, 0.3) is 0 Å². The number of benzene rings is 1. The van der Waals surface area contributed by atoms with Crippen LogP contribution in [-0.4, -0.2) is 40.9 Å². The maximum Gasteiger partial charge on any atom is 0.156 e. The van der Waals surface area contributed by atoms with Gasteiger partial charge in [-0.1, -0.05) is 13.8 Å². The fourth-order valence-corrected chi connectivity index (χ4v) is 2.23. The van der Waals surface area contributed by atoms with E-state index >= 15 is 0 Å². The van der Waals surface area contributed by atoms with Crippen LogP contribution < -0.4 is 5.32 Å². The monoisotopic (exact) mass is 264 g/mol. The first-order chi connectivity index (χ1) is 9.15. The maximum absolute atomic E-state index is 13.2. The molecule has 2 aromatic rings. The van der Waals surface area contributed by atoms with E-state index in [9.17, 15) is 4.39 Å². The first-order valence-electron chi connectivity index (χ1n) is 6.74. The number of aromatic nitrogens is 2. The topological polar surface area (TPSA) is 33.1 Å². The summed E-state index contributed by atoms with van der Waals surface area (Å²) in [5, 5.41) is 8.69. The van der Waals surface area contributed by atoms with Gasteiger partial charge in [-0.15, -0.1) is 0 Å². The van der Waals surface area contributed by atoms with Crippen molar-refractivity contribution in [3.8, 4) is 0 Å². The Hall–Kier alpha value is -1.62. The molecular weight excluding hydrogens is 243 g/mol. The first-order valence-corrected chi connectivity index (χ1v) is 6.74. The minimum atomic E-state index is -0.231. The van der Waals surface area contributed by atoms with Gasteiger partial charge in [0.05, 0.1) is 5.52 Å². The predicted molar refractivity (Wildman–Crippen MR) is 76.9 cm³/mol. The van der Waals surface area contributed by atoms with Crippen LogP contribution in [-0.2, 0) is 7.05 Å². The van der Waals surface area contributed by atoms with Crippen LogP contribution in [0.4, 0.5) is 10.2 Å². The third kappa shape index (κ3) is 3.04. The molecule has 4 nitrogen and oxygen atoms in total. The molecule has 19 heavy (non-hydrogen) atoms. The molecule has 0 saturated carbocycles. The van der Waals surface area contributed by atoms with Gasteiger partial charge in [-0.25, -0.2) is 4.39 Å². The van der Waals surface area contributed by atoms with Gasteiger partial charge in [0.2, 0.25) is 0 Å². The van der Waals surface area contributed by atoms with Crippen molar-refractivity contribution in [2.75, 3.05) is 31.5 Å². The number of halogens is 1. The summed E-state index contributed by atoms with van der Waals surface area (Å²) in [5.74, 6) is 0.592. The summed E-state index contributed by atoms with van der Waals surface area (Å²) in [6.07, 6.45) is 0. The number of fused-ring (bicyclic) bond motifs is 1. The third-order valence-electron chi connectivity index (χ3n) is 3.43. The molecule has 1 aromatic heterocycles. The van der Waals surface area contributed by atoms with Gasteiger partial charge >= 0.3 is 0 Å². The minimum absolute atomic E-state index is 0.231. The van der Waals surface area contributed by atoms with Crippen molar-refractivity contribution in [3.05, 3.63) is 24.0 Å². The molecule has 1 N–H and O–H groups in total. The predicted octanol–water partition coefficient (Wildman–Crippen LogP) is 2.47. The third-order valence-corrected chi connectivity index (χ3v) is 3.43. The van der Waals surface area contributed by atoms with Crippen molar-refractivity contribution in [2.24, 2.45) is 7.05 Å². The summed E-state index contributed by atoms with van der Waals surface area (Å²) < 4.78 is 14.9. The lowest BCUT2D eigenvalue weighted by atomic mass is 10.2. The average Bonchev–Trinajstić information content (AvgIpc) is 2.71. The second kappa shape index (κ2) is 6.02. The van der Waals surface area contributed by atoms with Crippen LogP contribution in [0.1, 0.15) is 13.8 Å². The van der Waals surface area contributed by atoms with Gasteiger partial charge in [-0.2, -0.15) is 5.10 Å². The molecule has 104 valence electrons. The van der Waals surface area contributed by atoms with E-state index in [1.165, 1.54) is 12.1 Å². The van der Waals surface area contributed by atoms with Gasteiger partial charge in [0.15, 0.2) is 5.82 Å². The summed E-state index contributed by atoms with van der Waals surface area (Å²) >= 11 is 0. The van der Waals surface area contributed by atoms with Crippen LogP contribution in [0.3, 0.4) is 0 Å². The van der Waals surface area contributed by atoms with E-state index in [0.29, 0.717) is 0 Å². The largest absolute Gasteiger partial charge is 0.367 e. The second-order valence-corrected chi connectivity index (χ2v) is 4.59. The Kier molecular flexibility index (Phi) is 4.37. The Morgan fingerprint density at radius 1 is 1.32 bits per heavy atom. The van der Waals surface area contributed by atoms with Crippen molar-refractivity contribution < 1.29 is 4.39 Å². The molecule has 0 spiro atoms. The quantitative estimate of drug-likeness (QED) is 0.870. The zero-order valence-electron chi connectivity index (χ0n) is 11.8. The van der Waals surface area contributed by atoms with Crippen molar-refractivity contribution in [1.82, 2.24) is 14.7 Å². The molecule has 0 fully saturated rings. The molecule has 0 atom stereocenters. The molecule has 2 rings (SSSR count). The van der Waals surface area contributed by atoms with E-state index in [-0.39, 0.29) is 5.82 Å². The fourth-order valence-electron chi connectivity index (χ4n) is 2.23. The molecule has 0 aliphatic carbocycles. The highest BCUT2D eigenvalue weighted by atomic mass is 19.1. The maximum atomic E-state index is 13.2. The second-order valence-electron chi connectivity index (χ2n) is 4.59. The molecular formula is C14H21FN4. The Labute approximate surface area is 113 Å². The minimum Gasteiger partial charge on any atom is -0.367 e. The van der Waals surface area contributed by atoms with E-state index in [1.807, 2.05) is 7.05 Å². The van der Waals surface area contributed by atoms with Crippen LogP contribution in [0.25, 0.3) is 10.9 Å². The lowest BCUT2D eigenvalue weighted by Crippen LogP contribution is -2.28. The van der Waals surface area contributed by atoms with Crippen molar-refractivity contribution in [2.45, 2.75) is 13.8 Å². The standard InChI is InChI=1S/C14H21FN4/c1-4-19(5-2)9-8-16-14-12-7-6-11(15)10-13(12)18(3)17-14/h6-7,10H,4-5,8-9H2,1-3H3,(H,16,17). The van der Waals surface area contributed by atoms with Gasteiger partial charge in [0.1, 0.15) is 5.82 Å². The summed E-state index contributed by atoms with van der Waals surface area (Å²) in [6.45, 7) is 8.22. The number of aryl methyl sites for hydroxylation is 1. The molecule has 0 aliphatic rings. The van der Waals surface area contributed by atoms with Crippen LogP contribution >= 0.6 is 0 Å². The van der Waals surface area contributed by atoms with Crippen LogP contribution in [0.2, 0.25) is 0 Å². The number of hydrogen-bond donors (Lipinski definition) is 1. The Morgan fingerprint density at radius 3 is 2.74 bits per heavy atom. The zero-order valence-corrected chi connectivity index (χ0v) is 11.8. The fraction of sp³-hybridized carbons (Fsp3) is 0.500. The van der Waals surface area contributed by atoms with E-state index < -0.39 is 0 Å². The Bertz CT molecular complexity index is 546. The molecule has 0 amide bonds. The number of hydrogen-bond acceptors (Lipinski definition) is 3. The number of anilines is 1. The number of likely N-dealkylation sites (N-methyl/N-ethyl adjacent to an activating group) is 1. The lowest BCUT2D eigenvalue weighted by Gasteiger charge is -2.17. The highest BCUT2D eigenvalue weighted by Crippen LogP contribution is 2.22. The number of nitrogens with one attached hydrogen (secondary N) is 1. The van der Waals surface area contributed by atoms with Gasteiger partial charge in [-0.3, -0.25) is 4.68 Å². The highest BCUT2D eigenvalue weighted by Gasteiger charge is 2.09. The van der Waals surface area contributed by atoms with Crippen LogP contribution in [0.5, 0.6) is 0 Å². The van der Waals surface area contributed by atoms with Gasteiger partial charge in [-0.05, 0) is 31.3 Å². The highest BCUT2D eigenvalue weighted by molar-refractivity contribution is 5.90. The van der Waals surface area contributed by atoms with Crippen molar-refractivity contribution in [3.63, 3.8) is 0 Å². The normalized spacial score (nSPS) is 11.4. The Balaban J connectivity index is 2.09. The molecule has 0 saturated heterocycles. The first kappa shape index (κ1) is 13.8. The molecule has 0 radical (unpaired) electrons. The molecule has 0 aliphatic heterocycles. The van der Waals surface area contributed by atoms with E-state index in [4.69, 9.17) is 0 Å². The van der Waals surface area contributed by atoms with Crippen LogP contribution in [0.15, 0.2) is 18.2 Å². The Morgan fingerprint density at radius 2 is 2.05 bits per heavy atom. The zero-order chi connectivity index (χ0) is 13.8. The van der Waals surface area contributed by atoms with Gasteiger partial charge in [0, 0.05) is 25.5 Å². The van der Waals surface area contributed by atoms with Crippen LogP contribution in [0, 0.1) is 5.82 Å². The summed E-state index contributed by atoms with van der Waals surface area (Å²) in [7, 11) is 1.83.